The van der Waals surface area contributed by atoms with Gasteiger partial charge in [-0.15, -0.1) is 0 Å². The van der Waals surface area contributed by atoms with Crippen molar-refractivity contribution in [2.75, 3.05) is 0 Å². The third-order valence-electron chi connectivity index (χ3n) is 1.32. The van der Waals surface area contributed by atoms with Gasteiger partial charge in [-0.05, 0) is 12.1 Å². The quantitative estimate of drug-likeness (QED) is 0.215. The Morgan fingerprint density at radius 2 is 1.29 bits per heavy atom. The van der Waals surface area contributed by atoms with Gasteiger partial charge in [-0.25, -0.2) is 14.4 Å². The van der Waals surface area contributed by atoms with Crippen molar-refractivity contribution in [1.82, 2.24) is 0 Å². The van der Waals surface area contributed by atoms with Crippen LogP contribution in [-0.4, -0.2) is 55.7 Å². The zero-order chi connectivity index (χ0) is 16.3. The summed E-state index contributed by atoms with van der Waals surface area (Å²) in [7, 11) is -2.42. The monoisotopic (exact) mass is 312 g/mol. The van der Waals surface area contributed by atoms with E-state index >= 15 is 0 Å². The first kappa shape index (κ1) is 24.4. The minimum atomic E-state index is -2.42. The van der Waals surface area contributed by atoms with Gasteiger partial charge in [0, 0.05) is 0 Å². The first-order valence-electron chi connectivity index (χ1n) is 4.59. The third-order valence-corrected chi connectivity index (χ3v) is 1.32. The van der Waals surface area contributed by atoms with Gasteiger partial charge in [0.15, 0.2) is 0 Å². The van der Waals surface area contributed by atoms with E-state index in [9.17, 15) is 4.79 Å². The van der Waals surface area contributed by atoms with Crippen LogP contribution in [0.25, 0.3) is 0 Å². The van der Waals surface area contributed by atoms with Gasteiger partial charge in [0.05, 0.1) is 0 Å². The summed E-state index contributed by atoms with van der Waals surface area (Å²) < 4.78 is 0. The first-order chi connectivity index (χ1) is 9.09. The molecule has 0 amide bonds. The van der Waals surface area contributed by atoms with E-state index < -0.39 is 25.2 Å². The van der Waals surface area contributed by atoms with Crippen molar-refractivity contribution in [1.29, 1.82) is 0 Å². The molecule has 1 aromatic carbocycles. The van der Waals surface area contributed by atoms with Crippen LogP contribution in [0.4, 0.5) is 0 Å². The Labute approximate surface area is 140 Å². The summed E-state index contributed by atoms with van der Waals surface area (Å²) in [5, 5.41) is 54.8. The van der Waals surface area contributed by atoms with Crippen molar-refractivity contribution in [3.63, 3.8) is 0 Å². The zero-order valence-corrected chi connectivity index (χ0v) is 12.7. The summed E-state index contributed by atoms with van der Waals surface area (Å²) in [6.45, 7) is 0. The average molecular weight is 312 g/mol. The molecule has 0 saturated carbocycles. The number of carboxylic acid groups (broad SMARTS) is 3. The van der Waals surface area contributed by atoms with Crippen molar-refractivity contribution >= 4 is 25.2 Å². The van der Waals surface area contributed by atoms with Gasteiger partial charge in [-0.3, -0.25) is 0 Å². The second-order valence-electron chi connectivity index (χ2n) is 2.76. The molecule has 0 aliphatic rings. The number of para-hydroxylation sites is 1. The summed E-state index contributed by atoms with van der Waals surface area (Å²) in [6, 6.07) is 5.81. The summed E-state index contributed by atoms with van der Waals surface area (Å²) in [5.41, 5.74) is -0.0671. The minimum absolute atomic E-state index is 0. The number of hydrogen-bond donors (Lipinski definition) is 6. The fraction of sp³-hybridized carbons (Fsp3) is 0. The molecular weight excluding hydrogens is 302 g/mol. The molecule has 6 N–H and O–H groups in total. The van der Waals surface area contributed by atoms with Crippen molar-refractivity contribution in [2.45, 2.75) is 0 Å². The van der Waals surface area contributed by atoms with Crippen LogP contribution in [0, 0.1) is 0 Å². The Morgan fingerprint density at radius 3 is 1.48 bits per heavy atom. The molecule has 1 rings (SSSR count). The van der Waals surface area contributed by atoms with Crippen molar-refractivity contribution in [2.24, 2.45) is 0 Å². The number of carboxylic acids is 3. The summed E-state index contributed by atoms with van der Waals surface area (Å²) in [4.78, 5) is 28.5. The molecule has 12 heteroatoms. The maximum atomic E-state index is 10.3. The molecule has 0 atom stereocenters. The molecule has 1 aromatic rings. The van der Waals surface area contributed by atoms with E-state index in [2.05, 4.69) is 0 Å². The fourth-order valence-corrected chi connectivity index (χ4v) is 0.654. The van der Waals surface area contributed by atoms with Gasteiger partial charge in [-0.1, -0.05) is 12.1 Å². The second kappa shape index (κ2) is 13.4. The molecule has 110 valence electrons. The Kier molecular flexibility index (Phi) is 15.5. The van der Waals surface area contributed by atoms with E-state index in [4.69, 9.17) is 45.1 Å². The summed E-state index contributed by atoms with van der Waals surface area (Å²) in [5.74, 6) is -4.96. The Balaban J connectivity index is -0.000000255. The first-order valence-corrected chi connectivity index (χ1v) is 4.59. The number of aromatic carboxylic acids is 1. The van der Waals surface area contributed by atoms with Gasteiger partial charge in [-0.2, -0.15) is 0 Å². The van der Waals surface area contributed by atoms with Crippen LogP contribution in [0.2, 0.25) is 0 Å². The van der Waals surface area contributed by atoms with E-state index in [0.29, 0.717) is 0 Å². The van der Waals surface area contributed by atoms with E-state index in [1.54, 1.807) is 12.1 Å². The fourth-order valence-electron chi connectivity index (χ4n) is 0.654. The van der Waals surface area contributed by atoms with Crippen LogP contribution < -0.4 is 34.6 Å². The van der Waals surface area contributed by atoms with Gasteiger partial charge in [0.25, 0.3) is 0 Å². The molecule has 21 heavy (non-hydrogen) atoms. The van der Waals surface area contributed by atoms with Crippen molar-refractivity contribution in [3.8, 4) is 5.75 Å². The number of rotatable bonds is 1. The number of benzene rings is 1. The van der Waals surface area contributed by atoms with E-state index in [-0.39, 0.29) is 40.9 Å². The molecule has 0 aliphatic heterocycles. The van der Waals surface area contributed by atoms with E-state index in [0.717, 1.165) is 0 Å². The maximum Gasteiger partial charge on any atom is 1.00 e. The van der Waals surface area contributed by atoms with Crippen LogP contribution in [0.1, 0.15) is 10.4 Å². The van der Waals surface area contributed by atoms with Crippen LogP contribution in [-0.2, 0) is 9.59 Å². The molecular formula is C9H10BNaO10. The number of phenols is 1. The van der Waals surface area contributed by atoms with E-state index in [1.807, 2.05) is 0 Å². The van der Waals surface area contributed by atoms with Crippen LogP contribution in [0.5, 0.6) is 5.75 Å². The molecule has 0 saturated heterocycles. The van der Waals surface area contributed by atoms with Crippen molar-refractivity contribution < 1.29 is 79.4 Å². The molecule has 10 nitrogen and oxygen atoms in total. The number of carbonyl (C=O) groups is 3. The van der Waals surface area contributed by atoms with Gasteiger partial charge >= 0.3 is 54.8 Å². The van der Waals surface area contributed by atoms with Gasteiger partial charge < -0.3 is 35.5 Å². The Bertz CT molecular complexity index is 449. The molecule has 0 aromatic heterocycles. The minimum Gasteiger partial charge on any atom is -0.832 e. The Morgan fingerprint density at radius 1 is 0.952 bits per heavy atom. The third kappa shape index (κ3) is 16.3. The van der Waals surface area contributed by atoms with Gasteiger partial charge in [0.2, 0.25) is 0 Å². The molecule has 0 unspecified atom stereocenters. The molecule has 0 aliphatic carbocycles. The number of aliphatic carboxylic acids is 2. The second-order valence-corrected chi connectivity index (χ2v) is 2.76. The van der Waals surface area contributed by atoms with Gasteiger partial charge in [0.1, 0.15) is 11.3 Å². The summed E-state index contributed by atoms with van der Waals surface area (Å²) in [6.07, 6.45) is 0. The SMILES string of the molecule is O=C(O)C(=O)O.O=C(O)c1ccccc1O.[Na+].[O-]B(O)O. The molecule has 0 heterocycles. The predicted molar refractivity (Wildman–Crippen MR) is 60.5 cm³/mol. The largest absolute Gasteiger partial charge is 1.00 e. The van der Waals surface area contributed by atoms with Crippen LogP contribution >= 0.6 is 0 Å². The topological polar surface area (TPSA) is 196 Å². The summed E-state index contributed by atoms with van der Waals surface area (Å²) >= 11 is 0. The number of aromatic hydroxyl groups is 1. The normalized spacial score (nSPS) is 7.76. The zero-order valence-electron chi connectivity index (χ0n) is 10.7. The molecule has 0 fully saturated rings. The van der Waals surface area contributed by atoms with Crippen molar-refractivity contribution in [3.05, 3.63) is 29.8 Å². The van der Waals surface area contributed by atoms with Crippen LogP contribution in [0.3, 0.4) is 0 Å². The smallest absolute Gasteiger partial charge is 0.832 e. The predicted octanol–water partition coefficient (Wildman–Crippen LogP) is -5.43. The molecule has 0 radical (unpaired) electrons. The maximum absolute atomic E-state index is 10.3. The Hall–Kier alpha value is -1.63. The standard InChI is InChI=1S/C7H6O3.C2H2O4.BH2O3.Na/c8-6-4-2-1-3-5(6)7(9)10;3-1(4)2(5)6;2-1(3)4;/h1-4,8H,(H,9,10);(H,3,4)(H,5,6);2-3H;/q;;-1;+1. The molecule has 0 bridgehead atoms. The number of hydrogen-bond acceptors (Lipinski definition) is 7. The van der Waals surface area contributed by atoms with E-state index in [1.165, 1.54) is 12.1 Å². The average Bonchev–Trinajstić information content (AvgIpc) is 2.29. The molecule has 0 spiro atoms. The van der Waals surface area contributed by atoms with Crippen LogP contribution in [0.15, 0.2) is 24.3 Å².